The van der Waals surface area contributed by atoms with E-state index in [1.165, 1.54) is 11.1 Å². The van der Waals surface area contributed by atoms with Gasteiger partial charge in [0.1, 0.15) is 17.2 Å². The van der Waals surface area contributed by atoms with Crippen molar-refractivity contribution < 1.29 is 9.84 Å². The molecule has 1 aromatic carbocycles. The third kappa shape index (κ3) is 3.20. The number of aliphatic hydroxyl groups is 1. The first-order chi connectivity index (χ1) is 10.9. The Morgan fingerprint density at radius 1 is 1.35 bits per heavy atom. The number of aryl methyl sites for hydroxylation is 1. The normalized spacial score (nSPS) is 15.3. The second kappa shape index (κ2) is 5.89. The molecule has 124 valence electrons. The minimum Gasteiger partial charge on any atom is -0.487 e. The Morgan fingerprint density at radius 2 is 2.13 bits per heavy atom. The van der Waals surface area contributed by atoms with Gasteiger partial charge in [-0.15, -0.1) is 0 Å². The zero-order chi connectivity index (χ0) is 16.6. The van der Waals surface area contributed by atoms with Crippen molar-refractivity contribution in [3.8, 4) is 5.75 Å². The lowest BCUT2D eigenvalue weighted by molar-refractivity contribution is 0.138. The van der Waals surface area contributed by atoms with Crippen LogP contribution >= 0.6 is 0 Å². The standard InChI is InChI=1S/C18H25N3O2/c1-12-13(2)20-21(7-8-22)17(12)19-11-14-5-6-16-15(9-14)10-18(3,4)23-16/h5-6,9,19,22H,7-8,10-11H2,1-4H3. The van der Waals surface area contributed by atoms with Crippen LogP contribution in [-0.4, -0.2) is 27.1 Å². The molecule has 0 saturated carbocycles. The molecule has 3 rings (SSSR count). The van der Waals surface area contributed by atoms with Gasteiger partial charge in [-0.3, -0.25) is 0 Å². The number of rotatable bonds is 5. The van der Waals surface area contributed by atoms with Crippen LogP contribution in [0.4, 0.5) is 5.82 Å². The number of hydrogen-bond acceptors (Lipinski definition) is 4. The Balaban J connectivity index is 1.75. The Bertz CT molecular complexity index is 719. The smallest absolute Gasteiger partial charge is 0.127 e. The van der Waals surface area contributed by atoms with Crippen LogP contribution in [0.5, 0.6) is 5.75 Å². The molecule has 0 saturated heterocycles. The summed E-state index contributed by atoms with van der Waals surface area (Å²) < 4.78 is 7.76. The van der Waals surface area contributed by atoms with Gasteiger partial charge in [-0.2, -0.15) is 5.10 Å². The average molecular weight is 315 g/mol. The minimum atomic E-state index is -0.109. The van der Waals surface area contributed by atoms with Gasteiger partial charge in [0.25, 0.3) is 0 Å². The van der Waals surface area contributed by atoms with E-state index < -0.39 is 0 Å². The third-order valence-corrected chi connectivity index (χ3v) is 4.33. The van der Waals surface area contributed by atoms with Crippen LogP contribution in [0, 0.1) is 13.8 Å². The molecule has 1 aliphatic rings. The van der Waals surface area contributed by atoms with E-state index in [1.54, 1.807) is 0 Å². The molecule has 23 heavy (non-hydrogen) atoms. The Morgan fingerprint density at radius 3 is 2.87 bits per heavy atom. The summed E-state index contributed by atoms with van der Waals surface area (Å²) in [7, 11) is 0. The number of benzene rings is 1. The SMILES string of the molecule is Cc1nn(CCO)c(NCc2ccc3c(c2)CC(C)(C)O3)c1C. The van der Waals surface area contributed by atoms with E-state index in [0.29, 0.717) is 6.54 Å². The Labute approximate surface area is 137 Å². The highest BCUT2D eigenvalue weighted by Gasteiger charge is 2.29. The summed E-state index contributed by atoms with van der Waals surface area (Å²) in [6.45, 7) is 9.59. The lowest BCUT2D eigenvalue weighted by Gasteiger charge is -2.16. The predicted molar refractivity (Wildman–Crippen MR) is 91.0 cm³/mol. The molecular weight excluding hydrogens is 290 g/mol. The lowest BCUT2D eigenvalue weighted by Crippen LogP contribution is -2.24. The van der Waals surface area contributed by atoms with Crippen LogP contribution in [0.2, 0.25) is 0 Å². The number of nitrogens with zero attached hydrogens (tertiary/aromatic N) is 2. The summed E-state index contributed by atoms with van der Waals surface area (Å²) in [5, 5.41) is 17.1. The average Bonchev–Trinajstić information content (AvgIpc) is 2.93. The van der Waals surface area contributed by atoms with E-state index in [-0.39, 0.29) is 12.2 Å². The second-order valence-electron chi connectivity index (χ2n) is 6.84. The number of anilines is 1. The molecule has 0 radical (unpaired) electrons. The highest BCUT2D eigenvalue weighted by atomic mass is 16.5. The van der Waals surface area contributed by atoms with Crippen molar-refractivity contribution in [3.63, 3.8) is 0 Å². The number of fused-ring (bicyclic) bond motifs is 1. The van der Waals surface area contributed by atoms with Crippen LogP contribution in [-0.2, 0) is 19.5 Å². The topological polar surface area (TPSA) is 59.3 Å². The monoisotopic (exact) mass is 315 g/mol. The molecule has 0 unspecified atom stereocenters. The van der Waals surface area contributed by atoms with Crippen molar-refractivity contribution in [1.29, 1.82) is 0 Å². The van der Waals surface area contributed by atoms with Crippen molar-refractivity contribution in [1.82, 2.24) is 9.78 Å². The largest absolute Gasteiger partial charge is 0.487 e. The summed E-state index contributed by atoms with van der Waals surface area (Å²) in [6, 6.07) is 6.37. The first kappa shape index (κ1) is 15.9. The molecular formula is C18H25N3O2. The van der Waals surface area contributed by atoms with E-state index in [0.717, 1.165) is 35.8 Å². The maximum Gasteiger partial charge on any atom is 0.127 e. The summed E-state index contributed by atoms with van der Waals surface area (Å²) in [5.74, 6) is 1.98. The number of aliphatic hydroxyl groups excluding tert-OH is 1. The number of ether oxygens (including phenoxy) is 1. The van der Waals surface area contributed by atoms with Crippen molar-refractivity contribution >= 4 is 5.82 Å². The molecule has 2 aromatic rings. The van der Waals surface area contributed by atoms with Crippen molar-refractivity contribution in [2.45, 2.75) is 52.8 Å². The fourth-order valence-corrected chi connectivity index (χ4v) is 3.11. The van der Waals surface area contributed by atoms with Gasteiger partial charge in [0.05, 0.1) is 18.8 Å². The fourth-order valence-electron chi connectivity index (χ4n) is 3.11. The highest BCUT2D eigenvalue weighted by Crippen LogP contribution is 2.35. The van der Waals surface area contributed by atoms with Crippen LogP contribution in [0.3, 0.4) is 0 Å². The molecule has 2 heterocycles. The summed E-state index contributed by atoms with van der Waals surface area (Å²) in [6.07, 6.45) is 0.941. The number of aromatic nitrogens is 2. The third-order valence-electron chi connectivity index (χ3n) is 4.33. The van der Waals surface area contributed by atoms with E-state index in [2.05, 4.69) is 49.4 Å². The second-order valence-corrected chi connectivity index (χ2v) is 6.84. The van der Waals surface area contributed by atoms with E-state index >= 15 is 0 Å². The lowest BCUT2D eigenvalue weighted by atomic mass is 10.0. The van der Waals surface area contributed by atoms with Gasteiger partial charge in [0.2, 0.25) is 0 Å². The predicted octanol–water partition coefficient (Wildman–Crippen LogP) is 2.82. The molecule has 0 atom stereocenters. The first-order valence-corrected chi connectivity index (χ1v) is 8.09. The molecule has 0 spiro atoms. The summed E-state index contributed by atoms with van der Waals surface area (Å²) >= 11 is 0. The number of hydrogen-bond donors (Lipinski definition) is 2. The van der Waals surface area contributed by atoms with Crippen LogP contribution in [0.1, 0.15) is 36.2 Å². The molecule has 0 amide bonds. The molecule has 1 aromatic heterocycles. The maximum atomic E-state index is 9.18. The van der Waals surface area contributed by atoms with Gasteiger partial charge in [0.15, 0.2) is 0 Å². The molecule has 2 N–H and O–H groups in total. The van der Waals surface area contributed by atoms with Gasteiger partial charge in [0, 0.05) is 18.5 Å². The van der Waals surface area contributed by atoms with E-state index in [9.17, 15) is 5.11 Å². The van der Waals surface area contributed by atoms with Crippen LogP contribution in [0.25, 0.3) is 0 Å². The zero-order valence-electron chi connectivity index (χ0n) is 14.3. The first-order valence-electron chi connectivity index (χ1n) is 8.09. The van der Waals surface area contributed by atoms with Crippen molar-refractivity contribution in [2.24, 2.45) is 0 Å². The minimum absolute atomic E-state index is 0.0838. The Kier molecular flexibility index (Phi) is 4.06. The molecule has 1 aliphatic heterocycles. The van der Waals surface area contributed by atoms with Crippen molar-refractivity contribution in [3.05, 3.63) is 40.6 Å². The summed E-state index contributed by atoms with van der Waals surface area (Å²) in [4.78, 5) is 0. The zero-order valence-corrected chi connectivity index (χ0v) is 14.3. The fraction of sp³-hybridized carbons (Fsp3) is 0.500. The van der Waals surface area contributed by atoms with Crippen LogP contribution < -0.4 is 10.1 Å². The molecule has 0 bridgehead atoms. The van der Waals surface area contributed by atoms with Gasteiger partial charge < -0.3 is 15.2 Å². The molecule has 0 fully saturated rings. The quantitative estimate of drug-likeness (QED) is 0.891. The van der Waals surface area contributed by atoms with Gasteiger partial charge in [-0.25, -0.2) is 4.68 Å². The molecule has 5 heteroatoms. The maximum absolute atomic E-state index is 9.18. The van der Waals surface area contributed by atoms with Gasteiger partial charge in [-0.05, 0) is 44.9 Å². The summed E-state index contributed by atoms with van der Waals surface area (Å²) in [5.41, 5.74) is 4.50. The highest BCUT2D eigenvalue weighted by molar-refractivity contribution is 5.48. The van der Waals surface area contributed by atoms with E-state index in [4.69, 9.17) is 4.74 Å². The van der Waals surface area contributed by atoms with E-state index in [1.807, 2.05) is 11.6 Å². The Hall–Kier alpha value is -2.01. The molecule has 5 nitrogen and oxygen atoms in total. The number of nitrogens with one attached hydrogen (secondary N) is 1. The molecule has 0 aliphatic carbocycles. The van der Waals surface area contributed by atoms with Crippen LogP contribution in [0.15, 0.2) is 18.2 Å². The van der Waals surface area contributed by atoms with Crippen molar-refractivity contribution in [2.75, 3.05) is 11.9 Å². The van der Waals surface area contributed by atoms with Gasteiger partial charge >= 0.3 is 0 Å². The van der Waals surface area contributed by atoms with Gasteiger partial charge in [-0.1, -0.05) is 12.1 Å².